The number of halogens is 1. The number of hydrogen-bond donors (Lipinski definition) is 2. The number of amides is 1. The molecule has 1 aliphatic heterocycles. The summed E-state index contributed by atoms with van der Waals surface area (Å²) in [5.41, 5.74) is 1.06. The molecule has 2 unspecified atom stereocenters. The van der Waals surface area contributed by atoms with Crippen LogP contribution in [0.25, 0.3) is 0 Å². The van der Waals surface area contributed by atoms with Gasteiger partial charge in [-0.05, 0) is 36.7 Å². The lowest BCUT2D eigenvalue weighted by molar-refractivity contribution is -0.117. The van der Waals surface area contributed by atoms with Crippen LogP contribution in [0.5, 0.6) is 0 Å². The fraction of sp³-hybridized carbons (Fsp3) is 0.357. The first-order valence-electron chi connectivity index (χ1n) is 6.10. The molecule has 0 spiro atoms. The Morgan fingerprint density at radius 1 is 1.44 bits per heavy atom. The zero-order chi connectivity index (χ0) is 13.0. The zero-order valence-electron chi connectivity index (χ0n) is 10.2. The van der Waals surface area contributed by atoms with Gasteiger partial charge in [-0.1, -0.05) is 18.7 Å². The minimum absolute atomic E-state index is 0.0229. The maximum Gasteiger partial charge on any atom is 0.243 e. The van der Waals surface area contributed by atoms with Crippen LogP contribution in [0.2, 0.25) is 0 Å². The summed E-state index contributed by atoms with van der Waals surface area (Å²) in [5, 5.41) is 6.17. The first-order chi connectivity index (χ1) is 8.70. The SMILES string of the molecule is C=CC(=O)NC1CNCCC1c1ccc(F)cc1. The molecule has 1 heterocycles. The summed E-state index contributed by atoms with van der Waals surface area (Å²) in [6, 6.07) is 6.53. The van der Waals surface area contributed by atoms with E-state index in [2.05, 4.69) is 17.2 Å². The molecule has 2 N–H and O–H groups in total. The number of carbonyl (C=O) groups excluding carboxylic acids is 1. The van der Waals surface area contributed by atoms with Gasteiger partial charge in [-0.3, -0.25) is 4.79 Å². The molecule has 1 aliphatic rings. The summed E-state index contributed by atoms with van der Waals surface area (Å²) in [4.78, 5) is 11.4. The standard InChI is InChI=1S/C14H17FN2O/c1-2-14(18)17-13-9-16-8-7-12(13)10-3-5-11(15)6-4-10/h2-6,12-13,16H,1,7-9H2,(H,17,18). The van der Waals surface area contributed by atoms with E-state index in [-0.39, 0.29) is 23.7 Å². The Bertz CT molecular complexity index is 430. The predicted octanol–water partition coefficient (Wildman–Crippen LogP) is 1.57. The summed E-state index contributed by atoms with van der Waals surface area (Å²) in [5.74, 6) is -0.189. The molecule has 1 aromatic carbocycles. The normalized spacial score (nSPS) is 23.4. The molecule has 2 rings (SSSR count). The Morgan fingerprint density at radius 2 is 2.17 bits per heavy atom. The highest BCUT2D eigenvalue weighted by atomic mass is 19.1. The first kappa shape index (κ1) is 12.8. The van der Waals surface area contributed by atoms with Crippen molar-refractivity contribution >= 4 is 5.91 Å². The van der Waals surface area contributed by atoms with E-state index in [4.69, 9.17) is 0 Å². The minimum Gasteiger partial charge on any atom is -0.348 e. The van der Waals surface area contributed by atoms with Crippen molar-refractivity contribution in [2.45, 2.75) is 18.4 Å². The average Bonchev–Trinajstić information content (AvgIpc) is 2.40. The Hall–Kier alpha value is -1.68. The van der Waals surface area contributed by atoms with E-state index < -0.39 is 0 Å². The van der Waals surface area contributed by atoms with Crippen molar-refractivity contribution in [3.63, 3.8) is 0 Å². The van der Waals surface area contributed by atoms with Crippen LogP contribution in [0.15, 0.2) is 36.9 Å². The van der Waals surface area contributed by atoms with E-state index in [1.807, 2.05) is 0 Å². The Morgan fingerprint density at radius 3 is 2.83 bits per heavy atom. The van der Waals surface area contributed by atoms with Gasteiger partial charge in [-0.2, -0.15) is 0 Å². The lowest BCUT2D eigenvalue weighted by Crippen LogP contribution is -2.49. The van der Waals surface area contributed by atoms with Crippen LogP contribution < -0.4 is 10.6 Å². The number of piperidine rings is 1. The maximum atomic E-state index is 12.9. The van der Waals surface area contributed by atoms with Crippen LogP contribution >= 0.6 is 0 Å². The quantitative estimate of drug-likeness (QED) is 0.797. The topological polar surface area (TPSA) is 41.1 Å². The third kappa shape index (κ3) is 2.96. The molecular formula is C14H17FN2O. The van der Waals surface area contributed by atoms with Gasteiger partial charge in [0.15, 0.2) is 0 Å². The molecular weight excluding hydrogens is 231 g/mol. The van der Waals surface area contributed by atoms with Gasteiger partial charge in [0, 0.05) is 18.5 Å². The number of rotatable bonds is 3. The van der Waals surface area contributed by atoms with Crippen molar-refractivity contribution in [1.29, 1.82) is 0 Å². The van der Waals surface area contributed by atoms with Crippen LogP contribution in [-0.4, -0.2) is 25.0 Å². The van der Waals surface area contributed by atoms with E-state index >= 15 is 0 Å². The van der Waals surface area contributed by atoms with Crippen LogP contribution in [0.4, 0.5) is 4.39 Å². The van der Waals surface area contributed by atoms with E-state index in [1.54, 1.807) is 12.1 Å². The summed E-state index contributed by atoms with van der Waals surface area (Å²) >= 11 is 0. The van der Waals surface area contributed by atoms with Crippen LogP contribution in [0, 0.1) is 5.82 Å². The van der Waals surface area contributed by atoms with Crippen molar-refractivity contribution in [1.82, 2.24) is 10.6 Å². The molecule has 0 radical (unpaired) electrons. The second-order valence-corrected chi connectivity index (χ2v) is 4.47. The van der Waals surface area contributed by atoms with Crippen molar-refractivity contribution < 1.29 is 9.18 Å². The highest BCUT2D eigenvalue weighted by molar-refractivity contribution is 5.87. The highest BCUT2D eigenvalue weighted by Crippen LogP contribution is 2.25. The van der Waals surface area contributed by atoms with Gasteiger partial charge < -0.3 is 10.6 Å². The van der Waals surface area contributed by atoms with Gasteiger partial charge in [0.05, 0.1) is 0 Å². The molecule has 0 aromatic heterocycles. The number of benzene rings is 1. The van der Waals surface area contributed by atoms with E-state index in [0.717, 1.165) is 25.1 Å². The molecule has 3 nitrogen and oxygen atoms in total. The first-order valence-corrected chi connectivity index (χ1v) is 6.10. The molecule has 4 heteroatoms. The van der Waals surface area contributed by atoms with Crippen LogP contribution in [0.1, 0.15) is 17.9 Å². The monoisotopic (exact) mass is 248 g/mol. The Labute approximate surface area is 106 Å². The molecule has 0 saturated carbocycles. The van der Waals surface area contributed by atoms with Crippen molar-refractivity contribution in [3.8, 4) is 0 Å². The van der Waals surface area contributed by atoms with Crippen LogP contribution in [-0.2, 0) is 4.79 Å². The van der Waals surface area contributed by atoms with Gasteiger partial charge in [-0.15, -0.1) is 0 Å². The maximum absolute atomic E-state index is 12.9. The predicted molar refractivity (Wildman–Crippen MR) is 68.8 cm³/mol. The highest BCUT2D eigenvalue weighted by Gasteiger charge is 2.27. The van der Waals surface area contributed by atoms with E-state index in [1.165, 1.54) is 18.2 Å². The number of nitrogens with one attached hydrogen (secondary N) is 2. The second kappa shape index (κ2) is 5.78. The minimum atomic E-state index is -0.237. The number of carbonyl (C=O) groups is 1. The molecule has 1 amide bonds. The van der Waals surface area contributed by atoms with Crippen LogP contribution in [0.3, 0.4) is 0 Å². The summed E-state index contributed by atoms with van der Waals surface area (Å²) in [7, 11) is 0. The van der Waals surface area contributed by atoms with Gasteiger partial charge in [0.25, 0.3) is 0 Å². The molecule has 1 fully saturated rings. The average molecular weight is 248 g/mol. The smallest absolute Gasteiger partial charge is 0.243 e. The van der Waals surface area contributed by atoms with E-state index in [9.17, 15) is 9.18 Å². The molecule has 0 aliphatic carbocycles. The third-order valence-corrected chi connectivity index (χ3v) is 3.29. The van der Waals surface area contributed by atoms with Crippen molar-refractivity contribution in [2.75, 3.05) is 13.1 Å². The largest absolute Gasteiger partial charge is 0.348 e. The molecule has 18 heavy (non-hydrogen) atoms. The van der Waals surface area contributed by atoms with Gasteiger partial charge >= 0.3 is 0 Å². The van der Waals surface area contributed by atoms with Crippen molar-refractivity contribution in [3.05, 3.63) is 48.3 Å². The third-order valence-electron chi connectivity index (χ3n) is 3.29. The molecule has 2 atom stereocenters. The van der Waals surface area contributed by atoms with Gasteiger partial charge in [-0.25, -0.2) is 4.39 Å². The lowest BCUT2D eigenvalue weighted by Gasteiger charge is -2.32. The summed E-state index contributed by atoms with van der Waals surface area (Å²) in [6.07, 6.45) is 2.20. The Kier molecular flexibility index (Phi) is 4.10. The molecule has 1 saturated heterocycles. The second-order valence-electron chi connectivity index (χ2n) is 4.47. The zero-order valence-corrected chi connectivity index (χ0v) is 10.2. The van der Waals surface area contributed by atoms with Gasteiger partial charge in [0.2, 0.25) is 5.91 Å². The fourth-order valence-corrected chi connectivity index (χ4v) is 2.36. The molecule has 96 valence electrons. The molecule has 0 bridgehead atoms. The van der Waals surface area contributed by atoms with Gasteiger partial charge in [0.1, 0.15) is 5.82 Å². The Balaban J connectivity index is 2.14. The fourth-order valence-electron chi connectivity index (χ4n) is 2.36. The summed E-state index contributed by atoms with van der Waals surface area (Å²) in [6.45, 7) is 5.08. The van der Waals surface area contributed by atoms with E-state index in [0.29, 0.717) is 0 Å². The number of hydrogen-bond acceptors (Lipinski definition) is 2. The molecule has 1 aromatic rings. The summed E-state index contributed by atoms with van der Waals surface area (Å²) < 4.78 is 12.9. The van der Waals surface area contributed by atoms with Crippen molar-refractivity contribution in [2.24, 2.45) is 0 Å². The lowest BCUT2D eigenvalue weighted by atomic mass is 9.86.